The minimum atomic E-state index is -0.809. The first-order valence-electron chi connectivity index (χ1n) is 6.90. The Kier molecular flexibility index (Phi) is 5.05. The third-order valence-electron chi connectivity index (χ3n) is 3.17. The fourth-order valence-corrected chi connectivity index (χ4v) is 1.95. The highest BCUT2D eigenvalue weighted by Crippen LogP contribution is 2.18. The van der Waals surface area contributed by atoms with Crippen molar-refractivity contribution in [3.8, 4) is 11.5 Å². The first kappa shape index (κ1) is 15.2. The van der Waals surface area contributed by atoms with Crippen LogP contribution < -0.4 is 0 Å². The maximum absolute atomic E-state index is 10.7. The number of aliphatic carboxylic acids is 1. The van der Waals surface area contributed by atoms with Gasteiger partial charge in [-0.1, -0.05) is 18.2 Å². The van der Waals surface area contributed by atoms with Crippen molar-refractivity contribution in [2.24, 2.45) is 0 Å². The van der Waals surface area contributed by atoms with Crippen LogP contribution in [0.15, 0.2) is 34.7 Å². The highest BCUT2D eigenvalue weighted by Gasteiger charge is 2.16. The molecule has 6 heteroatoms. The van der Waals surface area contributed by atoms with Crippen molar-refractivity contribution in [1.29, 1.82) is 0 Å². The molecular weight excluding hydrogens is 270 g/mol. The molecule has 0 spiro atoms. The zero-order valence-electron chi connectivity index (χ0n) is 12.2. The summed E-state index contributed by atoms with van der Waals surface area (Å²) in [6.07, 6.45) is 0.0951. The van der Waals surface area contributed by atoms with Crippen molar-refractivity contribution in [3.05, 3.63) is 36.2 Å². The third kappa shape index (κ3) is 4.39. The van der Waals surface area contributed by atoms with Crippen molar-refractivity contribution < 1.29 is 14.3 Å². The molecule has 0 aliphatic rings. The Bertz CT molecular complexity index is 581. The Morgan fingerprint density at radius 3 is 2.62 bits per heavy atom. The van der Waals surface area contributed by atoms with Crippen LogP contribution >= 0.6 is 0 Å². The van der Waals surface area contributed by atoms with Crippen LogP contribution in [0, 0.1) is 0 Å². The van der Waals surface area contributed by atoms with E-state index < -0.39 is 5.97 Å². The molecule has 0 atom stereocenters. The summed E-state index contributed by atoms with van der Waals surface area (Å²) in [5, 5.41) is 16.9. The van der Waals surface area contributed by atoms with Gasteiger partial charge in [-0.05, 0) is 26.0 Å². The van der Waals surface area contributed by atoms with E-state index in [9.17, 15) is 4.79 Å². The van der Waals surface area contributed by atoms with Crippen LogP contribution in [0.25, 0.3) is 11.5 Å². The normalized spacial score (nSPS) is 11.2. The van der Waals surface area contributed by atoms with Gasteiger partial charge in [0.2, 0.25) is 11.8 Å². The average molecular weight is 289 g/mol. The molecule has 1 aromatic carbocycles. The zero-order valence-corrected chi connectivity index (χ0v) is 12.2. The maximum atomic E-state index is 10.7. The molecule has 0 amide bonds. The van der Waals surface area contributed by atoms with E-state index in [2.05, 4.69) is 10.2 Å². The van der Waals surface area contributed by atoms with E-state index in [-0.39, 0.29) is 12.5 Å². The lowest BCUT2D eigenvalue weighted by molar-refractivity contribution is -0.137. The molecule has 0 bridgehead atoms. The van der Waals surface area contributed by atoms with Gasteiger partial charge in [-0.3, -0.25) is 9.69 Å². The van der Waals surface area contributed by atoms with E-state index in [1.165, 1.54) is 0 Å². The Balaban J connectivity index is 2.04. The number of carboxylic acid groups (broad SMARTS) is 1. The van der Waals surface area contributed by atoms with Crippen LogP contribution in [0.4, 0.5) is 0 Å². The monoisotopic (exact) mass is 289 g/mol. The molecule has 0 aliphatic carbocycles. The number of rotatable bonds is 7. The van der Waals surface area contributed by atoms with E-state index in [0.29, 0.717) is 24.9 Å². The Hall–Kier alpha value is -2.21. The maximum Gasteiger partial charge on any atom is 0.304 e. The number of benzene rings is 1. The molecule has 0 saturated heterocycles. The smallest absolute Gasteiger partial charge is 0.304 e. The van der Waals surface area contributed by atoms with Crippen LogP contribution in [0.3, 0.4) is 0 Å². The highest BCUT2D eigenvalue weighted by molar-refractivity contribution is 5.66. The first-order chi connectivity index (χ1) is 10.1. The second-order valence-corrected chi connectivity index (χ2v) is 5.07. The van der Waals surface area contributed by atoms with Crippen LogP contribution in [0.2, 0.25) is 0 Å². The molecule has 0 unspecified atom stereocenters. The van der Waals surface area contributed by atoms with Crippen LogP contribution in [-0.4, -0.2) is 38.8 Å². The molecule has 0 radical (unpaired) electrons. The van der Waals surface area contributed by atoms with Gasteiger partial charge in [0.05, 0.1) is 13.0 Å². The van der Waals surface area contributed by atoms with Gasteiger partial charge in [-0.15, -0.1) is 10.2 Å². The molecule has 0 fully saturated rings. The zero-order chi connectivity index (χ0) is 15.2. The van der Waals surface area contributed by atoms with Crippen molar-refractivity contribution in [3.63, 3.8) is 0 Å². The van der Waals surface area contributed by atoms with E-state index in [1.807, 2.05) is 49.1 Å². The molecule has 1 heterocycles. The van der Waals surface area contributed by atoms with E-state index in [0.717, 1.165) is 5.56 Å². The van der Waals surface area contributed by atoms with Crippen LogP contribution in [0.1, 0.15) is 26.2 Å². The number of carboxylic acids is 1. The summed E-state index contributed by atoms with van der Waals surface area (Å²) in [5.41, 5.74) is 0.873. The van der Waals surface area contributed by atoms with Gasteiger partial charge in [-0.25, -0.2) is 0 Å². The first-order valence-corrected chi connectivity index (χ1v) is 6.90. The van der Waals surface area contributed by atoms with Crippen LogP contribution in [-0.2, 0) is 11.3 Å². The van der Waals surface area contributed by atoms with Gasteiger partial charge in [0, 0.05) is 18.2 Å². The molecule has 2 aromatic rings. The molecule has 112 valence electrons. The summed E-state index contributed by atoms with van der Waals surface area (Å²) < 4.78 is 5.65. The van der Waals surface area contributed by atoms with Gasteiger partial charge in [0.25, 0.3) is 0 Å². The molecular formula is C15H19N3O3. The second kappa shape index (κ2) is 6.99. The summed E-state index contributed by atoms with van der Waals surface area (Å²) in [7, 11) is 0. The third-order valence-corrected chi connectivity index (χ3v) is 3.17. The minimum Gasteiger partial charge on any atom is -0.481 e. The van der Waals surface area contributed by atoms with Crippen molar-refractivity contribution in [2.45, 2.75) is 32.9 Å². The Morgan fingerprint density at radius 2 is 2.00 bits per heavy atom. The van der Waals surface area contributed by atoms with Gasteiger partial charge < -0.3 is 9.52 Å². The van der Waals surface area contributed by atoms with Crippen LogP contribution in [0.5, 0.6) is 0 Å². The van der Waals surface area contributed by atoms with E-state index in [1.54, 1.807) is 0 Å². The lowest BCUT2D eigenvalue weighted by Gasteiger charge is -2.23. The number of carbonyl (C=O) groups is 1. The largest absolute Gasteiger partial charge is 0.481 e. The lowest BCUT2D eigenvalue weighted by Crippen LogP contribution is -2.32. The summed E-state index contributed by atoms with van der Waals surface area (Å²) in [5.74, 6) is 0.164. The molecule has 0 saturated carbocycles. The quantitative estimate of drug-likeness (QED) is 0.843. The fraction of sp³-hybridized carbons (Fsp3) is 0.400. The Morgan fingerprint density at radius 1 is 1.29 bits per heavy atom. The summed E-state index contributed by atoms with van der Waals surface area (Å²) in [6, 6.07) is 9.76. The molecule has 6 nitrogen and oxygen atoms in total. The lowest BCUT2D eigenvalue weighted by atomic mass is 10.2. The van der Waals surface area contributed by atoms with Gasteiger partial charge in [0.1, 0.15) is 0 Å². The molecule has 1 N–H and O–H groups in total. The molecule has 0 aliphatic heterocycles. The van der Waals surface area contributed by atoms with Gasteiger partial charge in [0.15, 0.2) is 0 Å². The number of aromatic nitrogens is 2. The summed E-state index contributed by atoms with van der Waals surface area (Å²) in [6.45, 7) is 4.92. The predicted octanol–water partition coefficient (Wildman–Crippen LogP) is 2.42. The van der Waals surface area contributed by atoms with Crippen molar-refractivity contribution >= 4 is 5.97 Å². The van der Waals surface area contributed by atoms with Crippen molar-refractivity contribution in [2.75, 3.05) is 6.54 Å². The number of hydrogen-bond donors (Lipinski definition) is 1. The topological polar surface area (TPSA) is 79.5 Å². The molecule has 1 aromatic heterocycles. The van der Waals surface area contributed by atoms with E-state index >= 15 is 0 Å². The van der Waals surface area contributed by atoms with Gasteiger partial charge >= 0.3 is 5.97 Å². The van der Waals surface area contributed by atoms with E-state index in [4.69, 9.17) is 9.52 Å². The standard InChI is InChI=1S/C15H19N3O3/c1-11(2)18(9-8-14(19)20)10-13-16-17-15(21-13)12-6-4-3-5-7-12/h3-7,11H,8-10H2,1-2H3,(H,19,20). The number of nitrogens with zero attached hydrogens (tertiary/aromatic N) is 3. The Labute approximate surface area is 123 Å². The summed E-state index contributed by atoms with van der Waals surface area (Å²) >= 11 is 0. The fourth-order valence-electron chi connectivity index (χ4n) is 1.95. The van der Waals surface area contributed by atoms with Crippen molar-refractivity contribution in [1.82, 2.24) is 15.1 Å². The second-order valence-electron chi connectivity index (χ2n) is 5.07. The number of hydrogen-bond acceptors (Lipinski definition) is 5. The summed E-state index contributed by atoms with van der Waals surface area (Å²) in [4.78, 5) is 12.7. The molecule has 21 heavy (non-hydrogen) atoms. The average Bonchev–Trinajstić information content (AvgIpc) is 2.92. The SMILES string of the molecule is CC(C)N(CCC(=O)O)Cc1nnc(-c2ccccc2)o1. The predicted molar refractivity (Wildman–Crippen MR) is 77.5 cm³/mol. The minimum absolute atomic E-state index is 0.0951. The molecule has 2 rings (SSSR count). The highest BCUT2D eigenvalue weighted by atomic mass is 16.4. The van der Waals surface area contributed by atoms with Gasteiger partial charge in [-0.2, -0.15) is 0 Å².